The standard InChI is InChI=1S/C13H17ClN2O2/c1-8-4-10(15)7-16(6-8)13(18)11-3-2-9(14)5-12(11)17/h2-3,5,8,10,17H,4,6-7,15H2,1H3. The van der Waals surface area contributed by atoms with Crippen molar-refractivity contribution >= 4 is 17.5 Å². The first-order chi connectivity index (χ1) is 8.47. The predicted octanol–water partition coefficient (Wildman–Crippen LogP) is 1.85. The van der Waals surface area contributed by atoms with Crippen molar-refractivity contribution in [3.05, 3.63) is 28.8 Å². The van der Waals surface area contributed by atoms with Crippen molar-refractivity contribution in [2.75, 3.05) is 13.1 Å². The zero-order valence-corrected chi connectivity index (χ0v) is 11.0. The Balaban J connectivity index is 2.20. The van der Waals surface area contributed by atoms with E-state index in [9.17, 15) is 9.90 Å². The number of likely N-dealkylation sites (tertiary alicyclic amines) is 1. The number of benzene rings is 1. The summed E-state index contributed by atoms with van der Waals surface area (Å²) in [4.78, 5) is 14.0. The molecule has 1 aromatic rings. The van der Waals surface area contributed by atoms with E-state index in [1.54, 1.807) is 17.0 Å². The Morgan fingerprint density at radius 1 is 1.50 bits per heavy atom. The van der Waals surface area contributed by atoms with Crippen molar-refractivity contribution in [1.82, 2.24) is 4.90 Å². The Morgan fingerprint density at radius 2 is 2.22 bits per heavy atom. The molecule has 98 valence electrons. The van der Waals surface area contributed by atoms with Crippen molar-refractivity contribution in [2.24, 2.45) is 11.7 Å². The summed E-state index contributed by atoms with van der Waals surface area (Å²) in [6.07, 6.45) is 0.927. The second-order valence-corrected chi connectivity index (χ2v) is 5.41. The third-order valence-corrected chi connectivity index (χ3v) is 3.40. The molecule has 2 unspecified atom stereocenters. The minimum absolute atomic E-state index is 0.00661. The third-order valence-electron chi connectivity index (χ3n) is 3.17. The molecule has 0 saturated carbocycles. The highest BCUT2D eigenvalue weighted by molar-refractivity contribution is 6.30. The summed E-state index contributed by atoms with van der Waals surface area (Å²) in [7, 11) is 0. The molecule has 1 aliphatic rings. The van der Waals surface area contributed by atoms with E-state index in [4.69, 9.17) is 17.3 Å². The molecule has 0 aliphatic carbocycles. The Bertz CT molecular complexity index is 454. The summed E-state index contributed by atoms with van der Waals surface area (Å²) in [5.41, 5.74) is 6.19. The monoisotopic (exact) mass is 268 g/mol. The molecule has 18 heavy (non-hydrogen) atoms. The van der Waals surface area contributed by atoms with E-state index >= 15 is 0 Å². The van der Waals surface area contributed by atoms with Gasteiger partial charge in [0.2, 0.25) is 0 Å². The molecule has 4 nitrogen and oxygen atoms in total. The van der Waals surface area contributed by atoms with Gasteiger partial charge in [0.25, 0.3) is 5.91 Å². The highest BCUT2D eigenvalue weighted by Gasteiger charge is 2.27. The molecule has 2 rings (SSSR count). The average molecular weight is 269 g/mol. The smallest absolute Gasteiger partial charge is 0.257 e. The molecule has 0 radical (unpaired) electrons. The van der Waals surface area contributed by atoms with E-state index in [1.165, 1.54) is 6.07 Å². The van der Waals surface area contributed by atoms with Gasteiger partial charge in [-0.1, -0.05) is 18.5 Å². The first-order valence-corrected chi connectivity index (χ1v) is 6.38. The number of carbonyl (C=O) groups excluding carboxylic acids is 1. The number of carbonyl (C=O) groups is 1. The van der Waals surface area contributed by atoms with Crippen LogP contribution in [0.25, 0.3) is 0 Å². The van der Waals surface area contributed by atoms with Crippen LogP contribution in [0.3, 0.4) is 0 Å². The second-order valence-electron chi connectivity index (χ2n) is 4.97. The van der Waals surface area contributed by atoms with Gasteiger partial charge in [-0.25, -0.2) is 0 Å². The van der Waals surface area contributed by atoms with Crippen LogP contribution in [-0.2, 0) is 0 Å². The highest BCUT2D eigenvalue weighted by atomic mass is 35.5. The fourth-order valence-electron chi connectivity index (χ4n) is 2.42. The van der Waals surface area contributed by atoms with Crippen LogP contribution in [0.5, 0.6) is 5.75 Å². The molecular weight excluding hydrogens is 252 g/mol. The lowest BCUT2D eigenvalue weighted by molar-refractivity contribution is 0.0658. The molecule has 1 heterocycles. The van der Waals surface area contributed by atoms with Crippen molar-refractivity contribution in [3.8, 4) is 5.75 Å². The van der Waals surface area contributed by atoms with Gasteiger partial charge in [0.15, 0.2) is 0 Å². The number of rotatable bonds is 1. The van der Waals surface area contributed by atoms with Gasteiger partial charge >= 0.3 is 0 Å². The number of aromatic hydroxyl groups is 1. The maximum Gasteiger partial charge on any atom is 0.257 e. The molecule has 0 spiro atoms. The molecule has 1 aliphatic heterocycles. The summed E-state index contributed by atoms with van der Waals surface area (Å²) in [5, 5.41) is 10.2. The van der Waals surface area contributed by atoms with Crippen molar-refractivity contribution < 1.29 is 9.90 Å². The van der Waals surface area contributed by atoms with Crippen LogP contribution in [0.1, 0.15) is 23.7 Å². The van der Waals surface area contributed by atoms with Gasteiger partial charge in [0.1, 0.15) is 5.75 Å². The van der Waals surface area contributed by atoms with E-state index in [2.05, 4.69) is 6.92 Å². The maximum absolute atomic E-state index is 12.3. The second kappa shape index (κ2) is 5.16. The van der Waals surface area contributed by atoms with Crippen molar-refractivity contribution in [1.29, 1.82) is 0 Å². The van der Waals surface area contributed by atoms with E-state index in [1.807, 2.05) is 0 Å². The van der Waals surface area contributed by atoms with Crippen molar-refractivity contribution in [2.45, 2.75) is 19.4 Å². The quantitative estimate of drug-likeness (QED) is 0.817. The van der Waals surface area contributed by atoms with Crippen LogP contribution in [0.2, 0.25) is 5.02 Å². The van der Waals surface area contributed by atoms with Gasteiger partial charge in [-0.15, -0.1) is 0 Å². The third kappa shape index (κ3) is 2.76. The van der Waals surface area contributed by atoms with Crippen LogP contribution < -0.4 is 5.73 Å². The number of hydrogen-bond donors (Lipinski definition) is 2. The number of nitrogens with zero attached hydrogens (tertiary/aromatic N) is 1. The number of amides is 1. The largest absolute Gasteiger partial charge is 0.507 e. The zero-order chi connectivity index (χ0) is 13.3. The molecule has 1 fully saturated rings. The summed E-state index contributed by atoms with van der Waals surface area (Å²) in [5.74, 6) is 0.109. The van der Waals surface area contributed by atoms with Crippen LogP contribution in [0, 0.1) is 5.92 Å². The van der Waals surface area contributed by atoms with Gasteiger partial charge in [-0.3, -0.25) is 4.79 Å². The van der Waals surface area contributed by atoms with Crippen molar-refractivity contribution in [3.63, 3.8) is 0 Å². The number of halogens is 1. The van der Waals surface area contributed by atoms with Crippen LogP contribution in [0.4, 0.5) is 0 Å². The lowest BCUT2D eigenvalue weighted by Gasteiger charge is -2.34. The molecule has 2 atom stereocenters. The van der Waals surface area contributed by atoms with E-state index in [-0.39, 0.29) is 23.3 Å². The Kier molecular flexibility index (Phi) is 3.78. The number of nitrogens with two attached hydrogens (primary N) is 1. The number of hydrogen-bond acceptors (Lipinski definition) is 3. The van der Waals surface area contributed by atoms with Gasteiger partial charge < -0.3 is 15.7 Å². The molecule has 1 aromatic carbocycles. The summed E-state index contributed by atoms with van der Waals surface area (Å²) in [6, 6.07) is 4.53. The summed E-state index contributed by atoms with van der Waals surface area (Å²) in [6.45, 7) is 3.28. The molecule has 1 saturated heterocycles. The van der Waals surface area contributed by atoms with Gasteiger partial charge in [-0.2, -0.15) is 0 Å². The topological polar surface area (TPSA) is 66.6 Å². The molecule has 0 bridgehead atoms. The Hall–Kier alpha value is -1.26. The fourth-order valence-corrected chi connectivity index (χ4v) is 2.59. The first-order valence-electron chi connectivity index (χ1n) is 6.00. The van der Waals surface area contributed by atoms with Gasteiger partial charge in [0, 0.05) is 24.2 Å². The van der Waals surface area contributed by atoms with Crippen LogP contribution in [-0.4, -0.2) is 35.0 Å². The van der Waals surface area contributed by atoms with Gasteiger partial charge in [-0.05, 0) is 30.5 Å². The lowest BCUT2D eigenvalue weighted by Crippen LogP contribution is -2.48. The van der Waals surface area contributed by atoms with Crippen LogP contribution >= 0.6 is 11.6 Å². The minimum atomic E-state index is -0.189. The normalized spacial score (nSPS) is 24.1. The zero-order valence-electron chi connectivity index (χ0n) is 10.3. The molecule has 0 aromatic heterocycles. The van der Waals surface area contributed by atoms with E-state index < -0.39 is 0 Å². The molecular formula is C13H17ClN2O2. The molecule has 3 N–H and O–H groups in total. The number of phenolic OH excluding ortho intramolecular Hbond substituents is 1. The Morgan fingerprint density at radius 3 is 2.83 bits per heavy atom. The van der Waals surface area contributed by atoms with Gasteiger partial charge in [0.05, 0.1) is 5.56 Å². The SMILES string of the molecule is CC1CC(N)CN(C(=O)c2ccc(Cl)cc2O)C1. The maximum atomic E-state index is 12.3. The lowest BCUT2D eigenvalue weighted by atomic mass is 9.96. The summed E-state index contributed by atoms with van der Waals surface area (Å²) < 4.78 is 0. The highest BCUT2D eigenvalue weighted by Crippen LogP contribution is 2.25. The van der Waals surface area contributed by atoms with Crippen LogP contribution in [0.15, 0.2) is 18.2 Å². The Labute approximate surface area is 111 Å². The number of piperidine rings is 1. The predicted molar refractivity (Wildman–Crippen MR) is 70.8 cm³/mol. The van der Waals surface area contributed by atoms with E-state index in [0.717, 1.165) is 6.42 Å². The number of phenols is 1. The first kappa shape index (κ1) is 13.2. The molecule has 1 amide bonds. The minimum Gasteiger partial charge on any atom is -0.507 e. The summed E-state index contributed by atoms with van der Waals surface area (Å²) >= 11 is 5.75. The average Bonchev–Trinajstić information content (AvgIpc) is 2.26. The van der Waals surface area contributed by atoms with E-state index in [0.29, 0.717) is 24.0 Å². The molecule has 5 heteroatoms. The fraction of sp³-hybridized carbons (Fsp3) is 0.462.